The van der Waals surface area contributed by atoms with Crippen LogP contribution in [0.5, 0.6) is 0 Å². The maximum absolute atomic E-state index is 13.4. The van der Waals surface area contributed by atoms with Crippen LogP contribution < -0.4 is 0 Å². The van der Waals surface area contributed by atoms with E-state index in [0.717, 1.165) is 0 Å². The summed E-state index contributed by atoms with van der Waals surface area (Å²) >= 11 is 0. The van der Waals surface area contributed by atoms with Crippen molar-refractivity contribution in [1.82, 2.24) is 0 Å². The maximum atomic E-state index is 13.4. The van der Waals surface area contributed by atoms with E-state index in [1.165, 1.54) is 13.8 Å². The molecule has 3 aliphatic carbocycles. The van der Waals surface area contributed by atoms with Crippen LogP contribution >= 0.6 is 0 Å². The van der Waals surface area contributed by atoms with Crippen molar-refractivity contribution in [2.24, 2.45) is 34.0 Å². The monoisotopic (exact) mass is 462 g/mol. The van der Waals surface area contributed by atoms with Gasteiger partial charge in [0.25, 0.3) is 0 Å². The summed E-state index contributed by atoms with van der Waals surface area (Å²) in [4.78, 5) is 62.7. The molecule has 1 heterocycles. The Morgan fingerprint density at radius 2 is 1.97 bits per heavy atom. The number of fused-ring (bicyclic) bond motifs is 2. The number of ketones is 1. The molecule has 0 aromatic rings. The lowest BCUT2D eigenvalue weighted by molar-refractivity contribution is -0.243. The molecule has 0 amide bonds. The Balaban J connectivity index is 1.85. The number of rotatable bonds is 4. The Morgan fingerprint density at radius 3 is 2.58 bits per heavy atom. The summed E-state index contributed by atoms with van der Waals surface area (Å²) < 4.78 is 16.5. The van der Waals surface area contributed by atoms with Gasteiger partial charge in [0.05, 0.1) is 12.7 Å². The fourth-order valence-corrected chi connectivity index (χ4v) is 7.30. The summed E-state index contributed by atoms with van der Waals surface area (Å²) in [5.41, 5.74) is -3.52. The van der Waals surface area contributed by atoms with Gasteiger partial charge < -0.3 is 24.1 Å². The third kappa shape index (κ3) is 3.11. The number of allylic oxidation sites excluding steroid dienone is 1. The molecular weight excluding hydrogens is 432 g/mol. The van der Waals surface area contributed by atoms with Crippen molar-refractivity contribution in [2.75, 3.05) is 13.2 Å². The van der Waals surface area contributed by atoms with Crippen LogP contribution in [0.15, 0.2) is 12.2 Å². The highest BCUT2D eigenvalue weighted by molar-refractivity contribution is 6.15. The van der Waals surface area contributed by atoms with Gasteiger partial charge in [-0.2, -0.15) is 0 Å². The SMILES string of the molecule is C=C1C(=O)C23CC1CC(O)C2C1(CCC(OC(C)=O)C(C)(COC(C)=O)C1C=O)COC3=O. The normalized spacial score (nSPS) is 44.1. The average molecular weight is 462 g/mol. The van der Waals surface area contributed by atoms with Crippen molar-refractivity contribution in [3.63, 3.8) is 0 Å². The number of hydrogen-bond acceptors (Lipinski definition) is 9. The first-order chi connectivity index (χ1) is 15.4. The predicted octanol–water partition coefficient (Wildman–Crippen LogP) is 1.15. The zero-order chi connectivity index (χ0) is 24.3. The fraction of sp³-hybridized carbons (Fsp3) is 0.708. The van der Waals surface area contributed by atoms with Gasteiger partial charge in [-0.3, -0.25) is 19.2 Å². The smallest absolute Gasteiger partial charge is 0.320 e. The highest BCUT2D eigenvalue weighted by atomic mass is 16.6. The Hall–Kier alpha value is -2.55. The molecule has 180 valence electrons. The molecule has 3 saturated carbocycles. The quantitative estimate of drug-likeness (QED) is 0.215. The highest BCUT2D eigenvalue weighted by Gasteiger charge is 2.75. The Labute approximate surface area is 191 Å². The molecule has 2 spiro atoms. The summed E-state index contributed by atoms with van der Waals surface area (Å²) in [6.07, 6.45) is -0.0171. The highest BCUT2D eigenvalue weighted by Crippen LogP contribution is 2.67. The van der Waals surface area contributed by atoms with Gasteiger partial charge in [0.1, 0.15) is 24.4 Å². The third-order valence-corrected chi connectivity index (χ3v) is 8.62. The number of carbonyl (C=O) groups is 5. The van der Waals surface area contributed by atoms with Crippen LogP contribution in [0, 0.1) is 34.0 Å². The minimum atomic E-state index is -1.59. The number of carbonyl (C=O) groups excluding carboxylic acids is 5. The largest absolute Gasteiger partial charge is 0.465 e. The van der Waals surface area contributed by atoms with Crippen molar-refractivity contribution in [1.29, 1.82) is 0 Å². The zero-order valence-electron chi connectivity index (χ0n) is 19.1. The summed E-state index contributed by atoms with van der Waals surface area (Å²) in [6, 6.07) is 0. The lowest BCUT2D eigenvalue weighted by atomic mass is 9.43. The molecule has 8 unspecified atom stereocenters. The minimum Gasteiger partial charge on any atom is -0.465 e. The van der Waals surface area contributed by atoms with E-state index in [-0.39, 0.29) is 44.8 Å². The molecule has 0 aromatic carbocycles. The van der Waals surface area contributed by atoms with Gasteiger partial charge in [0.15, 0.2) is 5.78 Å². The summed E-state index contributed by atoms with van der Waals surface area (Å²) in [7, 11) is 0. The standard InChI is InChI=1S/C24H30O9/c1-12-15-7-16(28)19-23(11-32-21(30)24(19,8-15)20(12)29)6-5-18(33-14(3)27)22(4,17(23)9-25)10-31-13(2)26/h9,15-19,28H,1,5-8,10-11H2,2-4H3. The van der Waals surface area contributed by atoms with Crippen molar-refractivity contribution >= 4 is 30.0 Å². The van der Waals surface area contributed by atoms with Gasteiger partial charge in [-0.1, -0.05) is 13.5 Å². The van der Waals surface area contributed by atoms with Gasteiger partial charge >= 0.3 is 17.9 Å². The maximum Gasteiger partial charge on any atom is 0.320 e. The van der Waals surface area contributed by atoms with Crippen LogP contribution in [0.2, 0.25) is 0 Å². The summed E-state index contributed by atoms with van der Waals surface area (Å²) in [5, 5.41) is 11.3. The van der Waals surface area contributed by atoms with E-state index in [4.69, 9.17) is 14.2 Å². The van der Waals surface area contributed by atoms with Gasteiger partial charge in [-0.15, -0.1) is 0 Å². The Morgan fingerprint density at radius 1 is 1.27 bits per heavy atom. The van der Waals surface area contributed by atoms with E-state index in [1.807, 2.05) is 0 Å². The van der Waals surface area contributed by atoms with Gasteiger partial charge in [-0.25, -0.2) is 0 Å². The molecule has 9 nitrogen and oxygen atoms in total. The predicted molar refractivity (Wildman–Crippen MR) is 111 cm³/mol. The van der Waals surface area contributed by atoms with Crippen LogP contribution in [0.3, 0.4) is 0 Å². The molecule has 4 aliphatic rings. The van der Waals surface area contributed by atoms with Gasteiger partial charge in [-0.05, 0) is 37.2 Å². The van der Waals surface area contributed by atoms with Crippen molar-refractivity contribution in [3.05, 3.63) is 12.2 Å². The molecule has 1 saturated heterocycles. The van der Waals surface area contributed by atoms with E-state index < -0.39 is 64.0 Å². The fourth-order valence-electron chi connectivity index (χ4n) is 7.30. The molecule has 0 aromatic heterocycles. The summed E-state index contributed by atoms with van der Waals surface area (Å²) in [6.45, 7) is 7.70. The van der Waals surface area contributed by atoms with E-state index in [2.05, 4.69) is 6.58 Å². The van der Waals surface area contributed by atoms with Crippen LogP contribution in [0.25, 0.3) is 0 Å². The van der Waals surface area contributed by atoms with Crippen molar-refractivity contribution in [2.45, 2.75) is 58.7 Å². The van der Waals surface area contributed by atoms with Gasteiger partial charge in [0, 0.05) is 36.5 Å². The van der Waals surface area contributed by atoms with E-state index >= 15 is 0 Å². The zero-order valence-corrected chi connectivity index (χ0v) is 19.1. The number of Topliss-reactive ketones (excluding diaryl/α,β-unsaturated/α-hetero) is 1. The second-order valence-electron chi connectivity index (χ2n) is 10.4. The second-order valence-corrected chi connectivity index (χ2v) is 10.4. The number of esters is 3. The van der Waals surface area contributed by atoms with Crippen LogP contribution in [0.1, 0.15) is 46.5 Å². The number of aldehydes is 1. The molecule has 33 heavy (non-hydrogen) atoms. The van der Waals surface area contributed by atoms with E-state index in [0.29, 0.717) is 11.9 Å². The Bertz CT molecular complexity index is 940. The molecule has 1 N–H and O–H groups in total. The van der Waals surface area contributed by atoms with Crippen LogP contribution in [0.4, 0.5) is 0 Å². The second kappa shape index (κ2) is 7.75. The molecule has 1 aliphatic heterocycles. The van der Waals surface area contributed by atoms with Crippen LogP contribution in [-0.2, 0) is 38.2 Å². The molecule has 2 bridgehead atoms. The number of cyclic esters (lactones) is 1. The van der Waals surface area contributed by atoms with Crippen molar-refractivity contribution < 1.29 is 43.3 Å². The first-order valence-electron chi connectivity index (χ1n) is 11.3. The average Bonchev–Trinajstić information content (AvgIpc) is 2.93. The first kappa shape index (κ1) is 23.6. The molecule has 8 atom stereocenters. The number of aliphatic hydroxyl groups excluding tert-OH is 1. The first-order valence-corrected chi connectivity index (χ1v) is 11.3. The number of hydrogen-bond donors (Lipinski definition) is 1. The van der Waals surface area contributed by atoms with Crippen LogP contribution in [-0.4, -0.2) is 60.5 Å². The number of aliphatic hydroxyl groups is 1. The third-order valence-electron chi connectivity index (χ3n) is 8.62. The molecule has 9 heteroatoms. The molecule has 4 rings (SSSR count). The van der Waals surface area contributed by atoms with E-state index in [1.54, 1.807) is 6.92 Å². The molecular formula is C24H30O9. The molecule has 0 radical (unpaired) electrons. The summed E-state index contributed by atoms with van der Waals surface area (Å²) in [5.74, 6) is -4.30. The van der Waals surface area contributed by atoms with Gasteiger partial charge in [0.2, 0.25) is 0 Å². The molecule has 4 fully saturated rings. The lowest BCUT2D eigenvalue weighted by Crippen LogP contribution is -2.69. The topological polar surface area (TPSA) is 133 Å². The lowest BCUT2D eigenvalue weighted by Gasteiger charge is -2.62. The number of ether oxygens (including phenoxy) is 3. The van der Waals surface area contributed by atoms with E-state index in [9.17, 15) is 29.1 Å². The van der Waals surface area contributed by atoms with Crippen molar-refractivity contribution in [3.8, 4) is 0 Å². The minimum absolute atomic E-state index is 0.161. The Kier molecular flexibility index (Phi) is 5.54.